The zero-order chi connectivity index (χ0) is 17.4. The number of hydrogen-bond acceptors (Lipinski definition) is 3. The molecule has 1 saturated carbocycles. The lowest BCUT2D eigenvalue weighted by Crippen LogP contribution is -2.42. The molecular weight excluding hydrogens is 316 g/mol. The number of hydrogen-bond donors (Lipinski definition) is 1. The minimum absolute atomic E-state index is 0.0439. The molecule has 132 valence electrons. The number of fused-ring (bicyclic) bond motifs is 2. The number of imide groups is 1. The van der Waals surface area contributed by atoms with Crippen LogP contribution >= 0.6 is 0 Å². The highest BCUT2D eigenvalue weighted by Crippen LogP contribution is 2.49. The van der Waals surface area contributed by atoms with Crippen molar-refractivity contribution in [2.45, 2.75) is 56.8 Å². The van der Waals surface area contributed by atoms with Gasteiger partial charge in [0.1, 0.15) is 0 Å². The third kappa shape index (κ3) is 2.96. The number of para-hydroxylation sites is 1. The molecule has 5 nitrogen and oxygen atoms in total. The third-order valence-corrected chi connectivity index (χ3v) is 6.03. The van der Waals surface area contributed by atoms with Gasteiger partial charge in [0, 0.05) is 36.9 Å². The van der Waals surface area contributed by atoms with Gasteiger partial charge in [-0.1, -0.05) is 37.5 Å². The molecule has 3 aliphatic rings. The summed E-state index contributed by atoms with van der Waals surface area (Å²) in [5, 5.41) is 2.31. The van der Waals surface area contributed by atoms with E-state index >= 15 is 0 Å². The van der Waals surface area contributed by atoms with Gasteiger partial charge in [0.15, 0.2) is 0 Å². The first-order valence-corrected chi connectivity index (χ1v) is 9.30. The maximum absolute atomic E-state index is 13.0. The highest BCUT2D eigenvalue weighted by molar-refractivity contribution is 6.00. The fraction of sp³-hybridized carbons (Fsp3) is 0.550. The van der Waals surface area contributed by atoms with E-state index in [2.05, 4.69) is 17.4 Å². The standard InChI is InChI=1S/C20H24N2O3/c23-17-10-14(11-18(24)21-17)12-19(25)22-13-20(8-4-1-5-9-20)15-6-2-3-7-16(15)22/h2-3,6-7,14H,1,4-5,8-13H2,(H,21,23,24). The van der Waals surface area contributed by atoms with Crippen LogP contribution in [-0.2, 0) is 19.8 Å². The molecule has 1 aromatic carbocycles. The van der Waals surface area contributed by atoms with Crippen LogP contribution in [0.1, 0.15) is 56.9 Å². The Labute approximate surface area is 147 Å². The minimum atomic E-state index is -0.264. The van der Waals surface area contributed by atoms with Gasteiger partial charge in [-0.15, -0.1) is 0 Å². The summed E-state index contributed by atoms with van der Waals surface area (Å²) in [6.07, 6.45) is 6.77. The zero-order valence-electron chi connectivity index (χ0n) is 14.4. The summed E-state index contributed by atoms with van der Waals surface area (Å²) in [5.41, 5.74) is 2.44. The Morgan fingerprint density at radius 1 is 1.08 bits per heavy atom. The van der Waals surface area contributed by atoms with E-state index in [4.69, 9.17) is 0 Å². The summed E-state index contributed by atoms with van der Waals surface area (Å²) in [7, 11) is 0. The smallest absolute Gasteiger partial charge is 0.227 e. The lowest BCUT2D eigenvalue weighted by atomic mass is 9.71. The monoisotopic (exact) mass is 340 g/mol. The molecule has 1 N–H and O–H groups in total. The average Bonchev–Trinajstić information content (AvgIpc) is 2.89. The fourth-order valence-corrected chi connectivity index (χ4v) is 4.86. The molecule has 1 aliphatic carbocycles. The van der Waals surface area contributed by atoms with Gasteiger partial charge in [0.2, 0.25) is 17.7 Å². The lowest BCUT2D eigenvalue weighted by Gasteiger charge is -2.34. The molecule has 2 aliphatic heterocycles. The van der Waals surface area contributed by atoms with Gasteiger partial charge in [0.05, 0.1) is 0 Å². The summed E-state index contributed by atoms with van der Waals surface area (Å²) in [4.78, 5) is 38.1. The normalized spacial score (nSPS) is 22.8. The van der Waals surface area contributed by atoms with Crippen molar-refractivity contribution in [1.82, 2.24) is 5.32 Å². The minimum Gasteiger partial charge on any atom is -0.311 e. The molecule has 1 saturated heterocycles. The van der Waals surface area contributed by atoms with Gasteiger partial charge in [-0.25, -0.2) is 0 Å². The zero-order valence-corrected chi connectivity index (χ0v) is 14.4. The highest BCUT2D eigenvalue weighted by Gasteiger charge is 2.45. The SMILES string of the molecule is O=C1CC(CC(=O)N2CC3(CCCCC3)c3ccccc32)CC(=O)N1. The molecule has 5 heteroatoms. The van der Waals surface area contributed by atoms with Crippen molar-refractivity contribution in [3.05, 3.63) is 29.8 Å². The average molecular weight is 340 g/mol. The molecule has 0 atom stereocenters. The summed E-state index contributed by atoms with van der Waals surface area (Å²) < 4.78 is 0. The second kappa shape index (κ2) is 6.28. The van der Waals surface area contributed by atoms with Gasteiger partial charge >= 0.3 is 0 Å². The molecule has 0 aromatic heterocycles. The Morgan fingerprint density at radius 2 is 1.76 bits per heavy atom. The van der Waals surface area contributed by atoms with Crippen LogP contribution in [0.15, 0.2) is 24.3 Å². The first kappa shape index (κ1) is 16.3. The number of carbonyl (C=O) groups is 3. The summed E-state index contributed by atoms with van der Waals surface area (Å²) >= 11 is 0. The topological polar surface area (TPSA) is 66.5 Å². The van der Waals surface area contributed by atoms with Gasteiger partial charge in [-0.05, 0) is 30.4 Å². The van der Waals surface area contributed by atoms with E-state index in [1.807, 2.05) is 17.0 Å². The van der Waals surface area contributed by atoms with Crippen molar-refractivity contribution in [2.75, 3.05) is 11.4 Å². The third-order valence-electron chi connectivity index (χ3n) is 6.03. The second-order valence-corrected chi connectivity index (χ2v) is 7.79. The Kier molecular flexibility index (Phi) is 4.10. The van der Waals surface area contributed by atoms with E-state index in [1.165, 1.54) is 24.8 Å². The van der Waals surface area contributed by atoms with E-state index in [1.54, 1.807) is 0 Å². The maximum atomic E-state index is 13.0. The number of nitrogens with zero attached hydrogens (tertiary/aromatic N) is 1. The van der Waals surface area contributed by atoms with Crippen LogP contribution < -0.4 is 10.2 Å². The molecule has 0 unspecified atom stereocenters. The maximum Gasteiger partial charge on any atom is 0.227 e. The van der Waals surface area contributed by atoms with Crippen molar-refractivity contribution in [1.29, 1.82) is 0 Å². The quantitative estimate of drug-likeness (QED) is 0.842. The van der Waals surface area contributed by atoms with Gasteiger partial charge < -0.3 is 4.90 Å². The lowest BCUT2D eigenvalue weighted by molar-refractivity contribution is -0.135. The van der Waals surface area contributed by atoms with Gasteiger partial charge in [-0.3, -0.25) is 19.7 Å². The van der Waals surface area contributed by atoms with Crippen molar-refractivity contribution < 1.29 is 14.4 Å². The first-order valence-electron chi connectivity index (χ1n) is 9.30. The molecule has 3 amide bonds. The van der Waals surface area contributed by atoms with Crippen LogP contribution in [-0.4, -0.2) is 24.3 Å². The van der Waals surface area contributed by atoms with Crippen molar-refractivity contribution >= 4 is 23.4 Å². The number of anilines is 1. The van der Waals surface area contributed by atoms with Gasteiger partial charge in [-0.2, -0.15) is 0 Å². The molecule has 25 heavy (non-hydrogen) atoms. The summed E-state index contributed by atoms with van der Waals surface area (Å²) in [5.74, 6) is -0.662. The van der Waals surface area contributed by atoms with Crippen LogP contribution in [0.2, 0.25) is 0 Å². The van der Waals surface area contributed by atoms with E-state index in [0.717, 1.165) is 25.1 Å². The summed E-state index contributed by atoms with van der Waals surface area (Å²) in [6.45, 7) is 0.748. The summed E-state index contributed by atoms with van der Waals surface area (Å²) in [6, 6.07) is 8.26. The number of benzene rings is 1. The highest BCUT2D eigenvalue weighted by atomic mass is 16.2. The Morgan fingerprint density at radius 3 is 2.48 bits per heavy atom. The van der Waals surface area contributed by atoms with Crippen molar-refractivity contribution in [3.63, 3.8) is 0 Å². The van der Waals surface area contributed by atoms with E-state index in [-0.39, 0.29) is 48.3 Å². The molecule has 0 bridgehead atoms. The van der Waals surface area contributed by atoms with E-state index in [0.29, 0.717) is 0 Å². The Bertz CT molecular complexity index is 705. The number of piperidine rings is 1. The van der Waals surface area contributed by atoms with Crippen molar-refractivity contribution in [2.24, 2.45) is 5.92 Å². The molecule has 2 fully saturated rings. The largest absolute Gasteiger partial charge is 0.311 e. The molecule has 4 rings (SSSR count). The number of carbonyl (C=O) groups excluding carboxylic acids is 3. The molecule has 2 heterocycles. The van der Waals surface area contributed by atoms with Gasteiger partial charge in [0.25, 0.3) is 0 Å². The van der Waals surface area contributed by atoms with E-state index < -0.39 is 0 Å². The molecular formula is C20H24N2O3. The van der Waals surface area contributed by atoms with Crippen molar-refractivity contribution in [3.8, 4) is 0 Å². The number of amides is 3. The predicted octanol–water partition coefficient (Wildman–Crippen LogP) is 2.68. The van der Waals surface area contributed by atoms with Crippen LogP contribution in [0.25, 0.3) is 0 Å². The molecule has 1 spiro atoms. The number of rotatable bonds is 2. The Balaban J connectivity index is 1.55. The second-order valence-electron chi connectivity index (χ2n) is 7.79. The Hall–Kier alpha value is -2.17. The number of nitrogens with one attached hydrogen (secondary N) is 1. The first-order chi connectivity index (χ1) is 12.1. The molecule has 0 radical (unpaired) electrons. The van der Waals surface area contributed by atoms with E-state index in [9.17, 15) is 14.4 Å². The van der Waals surface area contributed by atoms with Crippen LogP contribution in [0, 0.1) is 5.92 Å². The van der Waals surface area contributed by atoms with Crippen LogP contribution in [0.4, 0.5) is 5.69 Å². The molecule has 1 aromatic rings. The predicted molar refractivity (Wildman–Crippen MR) is 94.0 cm³/mol. The fourth-order valence-electron chi connectivity index (χ4n) is 4.86. The van der Waals surface area contributed by atoms with Crippen LogP contribution in [0.5, 0.6) is 0 Å². The van der Waals surface area contributed by atoms with Crippen LogP contribution in [0.3, 0.4) is 0 Å².